The van der Waals surface area contributed by atoms with Crippen LogP contribution in [0.1, 0.15) is 36.2 Å². The van der Waals surface area contributed by atoms with Gasteiger partial charge in [-0.3, -0.25) is 4.79 Å². The van der Waals surface area contributed by atoms with Crippen molar-refractivity contribution in [3.8, 4) is 11.4 Å². The number of nitrogens with zero attached hydrogens (tertiary/aromatic N) is 5. The highest BCUT2D eigenvalue weighted by Gasteiger charge is 2.25. The molecular formula is C24H25N5O. The van der Waals surface area contributed by atoms with Crippen molar-refractivity contribution >= 4 is 27.6 Å². The lowest BCUT2D eigenvalue weighted by Crippen LogP contribution is -2.26. The van der Waals surface area contributed by atoms with Gasteiger partial charge < -0.3 is 9.47 Å². The summed E-state index contributed by atoms with van der Waals surface area (Å²) in [4.78, 5) is 27.4. The molecule has 0 bridgehead atoms. The van der Waals surface area contributed by atoms with Gasteiger partial charge in [-0.1, -0.05) is 13.8 Å². The van der Waals surface area contributed by atoms with Crippen molar-refractivity contribution in [1.82, 2.24) is 24.4 Å². The minimum absolute atomic E-state index is 0.254. The zero-order valence-corrected chi connectivity index (χ0v) is 17.4. The molecule has 0 unspecified atom stereocenters. The van der Waals surface area contributed by atoms with Gasteiger partial charge in [0.05, 0.1) is 0 Å². The van der Waals surface area contributed by atoms with Crippen molar-refractivity contribution in [1.29, 1.82) is 0 Å². The average Bonchev–Trinajstić information content (AvgIpc) is 3.32. The zero-order chi connectivity index (χ0) is 20.7. The zero-order valence-electron chi connectivity index (χ0n) is 17.4. The fraction of sp³-hybridized carbons (Fsp3) is 0.333. The van der Waals surface area contributed by atoms with Gasteiger partial charge in [-0.15, -0.1) is 0 Å². The van der Waals surface area contributed by atoms with Crippen LogP contribution in [0.3, 0.4) is 0 Å². The van der Waals surface area contributed by atoms with Gasteiger partial charge in [0.25, 0.3) is 0 Å². The summed E-state index contributed by atoms with van der Waals surface area (Å²) < 4.78 is 2.41. The Balaban J connectivity index is 1.73. The van der Waals surface area contributed by atoms with Crippen molar-refractivity contribution in [2.45, 2.75) is 33.2 Å². The molecule has 30 heavy (non-hydrogen) atoms. The molecule has 0 fully saturated rings. The van der Waals surface area contributed by atoms with Crippen LogP contribution in [-0.2, 0) is 13.0 Å². The summed E-state index contributed by atoms with van der Waals surface area (Å²) in [6.45, 7) is 8.41. The van der Waals surface area contributed by atoms with Crippen LogP contribution in [0.25, 0.3) is 33.2 Å². The van der Waals surface area contributed by atoms with Gasteiger partial charge >= 0.3 is 0 Å². The summed E-state index contributed by atoms with van der Waals surface area (Å²) in [5.74, 6) is 0.921. The fourth-order valence-corrected chi connectivity index (χ4v) is 4.71. The van der Waals surface area contributed by atoms with Gasteiger partial charge in [-0.2, -0.15) is 0 Å². The van der Waals surface area contributed by atoms with Crippen LogP contribution in [0.5, 0.6) is 0 Å². The van der Waals surface area contributed by atoms with Crippen LogP contribution >= 0.6 is 0 Å². The number of rotatable bonds is 6. The van der Waals surface area contributed by atoms with Gasteiger partial charge in [0, 0.05) is 52.4 Å². The number of aryl methyl sites for hydroxylation is 1. The molecule has 6 heteroatoms. The van der Waals surface area contributed by atoms with E-state index in [-0.39, 0.29) is 5.78 Å². The van der Waals surface area contributed by atoms with Crippen LogP contribution < -0.4 is 0 Å². The molecule has 0 aliphatic heterocycles. The number of benzene rings is 2. The second-order valence-corrected chi connectivity index (χ2v) is 7.78. The maximum absolute atomic E-state index is 12.4. The molecule has 1 aliphatic rings. The van der Waals surface area contributed by atoms with Gasteiger partial charge in [-0.25, -0.2) is 15.0 Å². The Bertz CT molecular complexity index is 1240. The van der Waals surface area contributed by atoms with Gasteiger partial charge in [0.2, 0.25) is 0 Å². The highest BCUT2D eigenvalue weighted by Crippen LogP contribution is 2.38. The lowest BCUT2D eigenvalue weighted by molar-refractivity contribution is 0.0994. The van der Waals surface area contributed by atoms with E-state index in [4.69, 9.17) is 0 Å². The molecule has 0 atom stereocenters. The van der Waals surface area contributed by atoms with E-state index in [1.807, 2.05) is 6.07 Å². The monoisotopic (exact) mass is 399 g/mol. The smallest absolute Gasteiger partial charge is 0.163 e. The molecule has 0 spiro atoms. The van der Waals surface area contributed by atoms with E-state index in [0.29, 0.717) is 12.2 Å². The summed E-state index contributed by atoms with van der Waals surface area (Å²) >= 11 is 0. The molecule has 2 aromatic carbocycles. The molecule has 6 nitrogen and oxygen atoms in total. The predicted octanol–water partition coefficient (Wildman–Crippen LogP) is 4.12. The number of fused-ring (bicyclic) bond motifs is 5. The van der Waals surface area contributed by atoms with Crippen LogP contribution in [0.4, 0.5) is 0 Å². The number of Topliss-reactive ketones (excluding diaryl/α,β-unsaturated/α-hetero) is 1. The van der Waals surface area contributed by atoms with Crippen molar-refractivity contribution in [3.63, 3.8) is 0 Å². The number of aromatic nitrogens is 4. The molecule has 0 saturated carbocycles. The minimum Gasteiger partial charge on any atom is -0.339 e. The highest BCUT2D eigenvalue weighted by molar-refractivity contribution is 6.15. The van der Waals surface area contributed by atoms with Crippen molar-refractivity contribution in [2.24, 2.45) is 0 Å². The Morgan fingerprint density at radius 2 is 1.77 bits per heavy atom. The van der Waals surface area contributed by atoms with E-state index in [0.717, 1.165) is 43.7 Å². The van der Waals surface area contributed by atoms with E-state index in [2.05, 4.69) is 62.5 Å². The first kappa shape index (κ1) is 18.9. The van der Waals surface area contributed by atoms with Gasteiger partial charge in [0.15, 0.2) is 11.6 Å². The lowest BCUT2D eigenvalue weighted by atomic mass is 10.0. The van der Waals surface area contributed by atoms with Gasteiger partial charge in [-0.05, 0) is 55.4 Å². The quantitative estimate of drug-likeness (QED) is 0.488. The second-order valence-electron chi connectivity index (χ2n) is 7.78. The first-order valence-corrected chi connectivity index (χ1v) is 10.7. The molecule has 4 aromatic rings. The molecule has 0 N–H and O–H groups in total. The Kier molecular flexibility index (Phi) is 4.79. The molecule has 2 aromatic heterocycles. The Hall–Kier alpha value is -3.12. The molecule has 2 heterocycles. The molecule has 0 amide bonds. The van der Waals surface area contributed by atoms with E-state index >= 15 is 0 Å². The Morgan fingerprint density at radius 1 is 1.00 bits per heavy atom. The number of likely N-dealkylation sites (N-methyl/N-ethyl adjacent to an activating group) is 1. The Morgan fingerprint density at radius 3 is 2.53 bits per heavy atom. The molecule has 0 radical (unpaired) electrons. The minimum atomic E-state index is 0.254. The molecular weight excluding hydrogens is 374 g/mol. The summed E-state index contributed by atoms with van der Waals surface area (Å²) in [5, 5.41) is 2.39. The molecule has 0 saturated heterocycles. The number of hydrogen-bond donors (Lipinski definition) is 0. The Labute approximate surface area is 175 Å². The number of carbonyl (C=O) groups excluding carboxylic acids is 1. The summed E-state index contributed by atoms with van der Waals surface area (Å²) in [5.41, 5.74) is 5.45. The van der Waals surface area contributed by atoms with Crippen LogP contribution in [0.2, 0.25) is 0 Å². The first-order valence-electron chi connectivity index (χ1n) is 10.7. The normalized spacial score (nSPS) is 13.6. The number of carbonyl (C=O) groups is 1. The van der Waals surface area contributed by atoms with E-state index < -0.39 is 0 Å². The standard InChI is InChI=1S/C24H25N5O/c1-3-28(4-2)11-12-29-20-8-5-16(24-26-14-25-15-27-24)13-19(20)23-18-7-10-22(30)17(18)6-9-21(23)29/h5-6,8-9,13-15H,3-4,7,10-12H2,1-2H3. The molecule has 152 valence electrons. The van der Waals surface area contributed by atoms with E-state index in [9.17, 15) is 4.79 Å². The van der Waals surface area contributed by atoms with Gasteiger partial charge in [0.1, 0.15) is 12.7 Å². The van der Waals surface area contributed by atoms with Crippen molar-refractivity contribution in [2.75, 3.05) is 19.6 Å². The summed E-state index contributed by atoms with van der Waals surface area (Å²) in [7, 11) is 0. The maximum Gasteiger partial charge on any atom is 0.163 e. The van der Waals surface area contributed by atoms with E-state index in [1.165, 1.54) is 40.0 Å². The van der Waals surface area contributed by atoms with Crippen LogP contribution in [0.15, 0.2) is 43.0 Å². The second kappa shape index (κ2) is 7.61. The molecule has 1 aliphatic carbocycles. The fourth-order valence-electron chi connectivity index (χ4n) is 4.71. The SMILES string of the molecule is CCN(CC)CCn1c2ccc(-c3ncncn3)cc2c2c3c(ccc21)C(=O)CC3. The third-order valence-electron chi connectivity index (χ3n) is 6.33. The van der Waals surface area contributed by atoms with E-state index in [1.54, 1.807) is 0 Å². The first-order chi connectivity index (χ1) is 14.7. The summed E-state index contributed by atoms with van der Waals surface area (Å²) in [6, 6.07) is 10.6. The average molecular weight is 399 g/mol. The largest absolute Gasteiger partial charge is 0.339 e. The lowest BCUT2D eigenvalue weighted by Gasteiger charge is -2.19. The predicted molar refractivity (Wildman–Crippen MR) is 119 cm³/mol. The van der Waals surface area contributed by atoms with Crippen molar-refractivity contribution in [3.05, 3.63) is 54.1 Å². The third kappa shape index (κ3) is 2.99. The number of ketones is 1. The topological polar surface area (TPSA) is 63.9 Å². The maximum atomic E-state index is 12.4. The summed E-state index contributed by atoms with van der Waals surface area (Å²) in [6.07, 6.45) is 4.47. The number of hydrogen-bond acceptors (Lipinski definition) is 5. The third-order valence-corrected chi connectivity index (χ3v) is 6.33. The molecule has 5 rings (SSSR count). The van der Waals surface area contributed by atoms with Crippen LogP contribution in [-0.4, -0.2) is 49.8 Å². The van der Waals surface area contributed by atoms with Crippen molar-refractivity contribution < 1.29 is 4.79 Å². The van der Waals surface area contributed by atoms with Crippen LogP contribution in [0, 0.1) is 0 Å². The highest BCUT2D eigenvalue weighted by atomic mass is 16.1.